The third-order valence-corrected chi connectivity index (χ3v) is 6.74. The molecular weight excluding hydrogens is 258 g/mol. The van der Waals surface area contributed by atoms with E-state index >= 15 is 0 Å². The average molecular weight is 293 g/mol. The summed E-state index contributed by atoms with van der Waals surface area (Å²) in [7, 11) is 0. The Bertz CT molecular complexity index is 332. The van der Waals surface area contributed by atoms with Crippen molar-refractivity contribution in [2.24, 2.45) is 5.92 Å². The van der Waals surface area contributed by atoms with E-state index in [0.717, 1.165) is 24.9 Å². The van der Waals surface area contributed by atoms with Gasteiger partial charge in [-0.3, -0.25) is 4.90 Å². The molecule has 1 saturated carbocycles. The van der Waals surface area contributed by atoms with Gasteiger partial charge in [0, 0.05) is 18.1 Å². The number of unbranched alkanes of at least 4 members (excludes halogenated alkanes) is 3. The van der Waals surface area contributed by atoms with Crippen LogP contribution >= 0.6 is 0 Å². The van der Waals surface area contributed by atoms with Crippen LogP contribution in [0.25, 0.3) is 0 Å². The lowest BCUT2D eigenvalue weighted by molar-refractivity contribution is -0.123. The number of hydrogen-bond donors (Lipinski definition) is 1. The first-order valence-corrected chi connectivity index (χ1v) is 9.71. The van der Waals surface area contributed by atoms with Crippen LogP contribution in [0.15, 0.2) is 0 Å². The molecule has 1 N–H and O–H groups in total. The molecule has 2 aliphatic heterocycles. The fourth-order valence-electron chi connectivity index (χ4n) is 5.64. The Morgan fingerprint density at radius 3 is 2.76 bits per heavy atom. The highest BCUT2D eigenvalue weighted by molar-refractivity contribution is 5.07. The van der Waals surface area contributed by atoms with Gasteiger partial charge in [0.15, 0.2) is 0 Å². The van der Waals surface area contributed by atoms with Crippen molar-refractivity contribution in [1.29, 1.82) is 0 Å². The van der Waals surface area contributed by atoms with Crippen molar-refractivity contribution in [3.63, 3.8) is 0 Å². The van der Waals surface area contributed by atoms with Crippen LogP contribution in [-0.2, 0) is 0 Å². The predicted octanol–water partition coefficient (Wildman–Crippen LogP) is 4.50. The van der Waals surface area contributed by atoms with E-state index in [4.69, 9.17) is 0 Å². The number of aliphatic hydroxyl groups is 1. The summed E-state index contributed by atoms with van der Waals surface area (Å²) in [5.74, 6) is 0.936. The second-order valence-corrected chi connectivity index (χ2v) is 7.97. The molecule has 3 fully saturated rings. The van der Waals surface area contributed by atoms with Crippen LogP contribution in [0.5, 0.6) is 0 Å². The molecular formula is C19H35NO. The predicted molar refractivity (Wildman–Crippen MR) is 88.4 cm³/mol. The second kappa shape index (κ2) is 7.00. The van der Waals surface area contributed by atoms with Gasteiger partial charge in [0.05, 0.1) is 6.10 Å². The molecule has 3 rings (SSSR count). The molecule has 2 heteroatoms. The Kier molecular flexibility index (Phi) is 5.27. The maximum atomic E-state index is 10.2. The lowest BCUT2D eigenvalue weighted by atomic mass is 9.62. The first-order chi connectivity index (χ1) is 10.3. The normalized spacial score (nSPS) is 40.6. The number of aliphatic hydroxyl groups excluding tert-OH is 1. The number of nitrogens with zero attached hydrogens (tertiary/aromatic N) is 1. The van der Waals surface area contributed by atoms with Crippen LogP contribution in [0.1, 0.15) is 90.4 Å². The minimum atomic E-state index is -0.0607. The van der Waals surface area contributed by atoms with Crippen molar-refractivity contribution >= 4 is 0 Å². The summed E-state index contributed by atoms with van der Waals surface area (Å²) in [6, 6.07) is 0.770. The van der Waals surface area contributed by atoms with E-state index < -0.39 is 0 Å². The van der Waals surface area contributed by atoms with Gasteiger partial charge >= 0.3 is 0 Å². The number of β-amino-alcohol motifs (C(OH)–C–C–N with tert-alkyl or cyclic N) is 1. The van der Waals surface area contributed by atoms with Crippen LogP contribution in [0.3, 0.4) is 0 Å². The van der Waals surface area contributed by atoms with Gasteiger partial charge in [-0.25, -0.2) is 0 Å². The van der Waals surface area contributed by atoms with Crippen molar-refractivity contribution in [3.8, 4) is 0 Å². The molecule has 4 atom stereocenters. The zero-order valence-corrected chi connectivity index (χ0v) is 14.0. The van der Waals surface area contributed by atoms with Crippen LogP contribution in [-0.4, -0.2) is 34.2 Å². The highest BCUT2D eigenvalue weighted by atomic mass is 16.3. The lowest BCUT2D eigenvalue weighted by Crippen LogP contribution is -2.66. The average Bonchev–Trinajstić information content (AvgIpc) is 2.51. The second-order valence-electron chi connectivity index (χ2n) is 7.97. The summed E-state index contributed by atoms with van der Waals surface area (Å²) in [6.45, 7) is 3.26. The molecule has 122 valence electrons. The molecule has 0 amide bonds. The van der Waals surface area contributed by atoms with E-state index in [0.29, 0.717) is 5.54 Å². The summed E-state index contributed by atoms with van der Waals surface area (Å²) in [5, 5.41) is 10.2. The minimum Gasteiger partial charge on any atom is -0.392 e. The number of piperidine rings is 2. The zero-order chi connectivity index (χ0) is 14.7. The molecule has 2 heterocycles. The first-order valence-electron chi connectivity index (χ1n) is 9.71. The molecule has 0 aromatic carbocycles. The van der Waals surface area contributed by atoms with E-state index in [-0.39, 0.29) is 6.10 Å². The standard InChI is InChI=1S/C19H35NO/c1-2-3-4-5-9-17-11-10-16-8-6-7-13-19(16)14-12-18(21)15-20(17)19/h16-18,21H,2-15H2,1H3/t16-,17-,18+,19-/m1/s1. The Hall–Kier alpha value is -0.0800. The van der Waals surface area contributed by atoms with Gasteiger partial charge in [-0.15, -0.1) is 0 Å². The molecule has 0 radical (unpaired) electrons. The third kappa shape index (κ3) is 3.17. The molecule has 1 aliphatic carbocycles. The van der Waals surface area contributed by atoms with Gasteiger partial charge < -0.3 is 5.11 Å². The monoisotopic (exact) mass is 293 g/mol. The highest BCUT2D eigenvalue weighted by Gasteiger charge is 2.52. The smallest absolute Gasteiger partial charge is 0.0668 e. The van der Waals surface area contributed by atoms with E-state index in [1.807, 2.05) is 0 Å². The molecule has 0 unspecified atom stereocenters. The summed E-state index contributed by atoms with van der Waals surface area (Å²) in [6.07, 6.45) is 17.8. The SMILES string of the molecule is CCCCCC[C@@H]1CC[C@H]2CCCC[C@@]23CC[C@H](O)CN13. The molecule has 0 bridgehead atoms. The van der Waals surface area contributed by atoms with Crippen molar-refractivity contribution in [2.75, 3.05) is 6.54 Å². The summed E-state index contributed by atoms with van der Waals surface area (Å²) in [5.41, 5.74) is 0.491. The fourth-order valence-corrected chi connectivity index (χ4v) is 5.64. The van der Waals surface area contributed by atoms with Gasteiger partial charge in [-0.2, -0.15) is 0 Å². The largest absolute Gasteiger partial charge is 0.392 e. The maximum absolute atomic E-state index is 10.2. The van der Waals surface area contributed by atoms with E-state index in [1.54, 1.807) is 0 Å². The van der Waals surface area contributed by atoms with E-state index in [2.05, 4.69) is 11.8 Å². The van der Waals surface area contributed by atoms with Crippen molar-refractivity contribution in [1.82, 2.24) is 4.90 Å². The molecule has 21 heavy (non-hydrogen) atoms. The van der Waals surface area contributed by atoms with Crippen molar-refractivity contribution in [3.05, 3.63) is 0 Å². The first kappa shape index (κ1) is 15.8. The Labute approximate surface area is 131 Å². The summed E-state index contributed by atoms with van der Waals surface area (Å²) in [4.78, 5) is 2.82. The van der Waals surface area contributed by atoms with Crippen LogP contribution in [0.2, 0.25) is 0 Å². The highest BCUT2D eigenvalue weighted by Crippen LogP contribution is 2.51. The van der Waals surface area contributed by atoms with Gasteiger partial charge in [-0.05, 0) is 50.9 Å². The Morgan fingerprint density at radius 1 is 1.00 bits per heavy atom. The third-order valence-electron chi connectivity index (χ3n) is 6.74. The van der Waals surface area contributed by atoms with Crippen molar-refractivity contribution in [2.45, 2.75) is 108 Å². The molecule has 3 aliphatic rings. The van der Waals surface area contributed by atoms with Crippen molar-refractivity contribution < 1.29 is 5.11 Å². The number of hydrogen-bond acceptors (Lipinski definition) is 2. The number of rotatable bonds is 5. The quantitative estimate of drug-likeness (QED) is 0.754. The molecule has 0 aromatic rings. The Morgan fingerprint density at radius 2 is 1.90 bits per heavy atom. The minimum absolute atomic E-state index is 0.0607. The zero-order valence-electron chi connectivity index (χ0n) is 14.0. The summed E-state index contributed by atoms with van der Waals surface area (Å²) >= 11 is 0. The van der Waals surface area contributed by atoms with Gasteiger partial charge in [-0.1, -0.05) is 45.4 Å². The fraction of sp³-hybridized carbons (Fsp3) is 1.00. The van der Waals surface area contributed by atoms with E-state index in [1.165, 1.54) is 77.0 Å². The van der Waals surface area contributed by atoms with Crippen LogP contribution in [0.4, 0.5) is 0 Å². The van der Waals surface area contributed by atoms with Crippen LogP contribution < -0.4 is 0 Å². The van der Waals surface area contributed by atoms with Gasteiger partial charge in [0.25, 0.3) is 0 Å². The van der Waals surface area contributed by atoms with Gasteiger partial charge in [0.2, 0.25) is 0 Å². The van der Waals surface area contributed by atoms with Crippen LogP contribution in [0, 0.1) is 5.92 Å². The topological polar surface area (TPSA) is 23.5 Å². The molecule has 2 saturated heterocycles. The van der Waals surface area contributed by atoms with E-state index in [9.17, 15) is 5.11 Å². The molecule has 2 nitrogen and oxygen atoms in total. The summed E-state index contributed by atoms with van der Waals surface area (Å²) < 4.78 is 0. The molecule has 0 aromatic heterocycles. The maximum Gasteiger partial charge on any atom is 0.0668 e. The molecule has 1 spiro atoms. The Balaban J connectivity index is 1.68. The lowest BCUT2D eigenvalue weighted by Gasteiger charge is -2.61. The van der Waals surface area contributed by atoms with Gasteiger partial charge in [0.1, 0.15) is 0 Å².